The smallest absolute Gasteiger partial charge is 0.324 e. The highest BCUT2D eigenvalue weighted by Gasteiger charge is 2.15. The third-order valence-corrected chi connectivity index (χ3v) is 1.52. The molecule has 0 saturated heterocycles. The molecule has 0 rings (SSSR count). The van der Waals surface area contributed by atoms with E-state index >= 15 is 0 Å². The van der Waals surface area contributed by atoms with E-state index in [9.17, 15) is 13.2 Å². The minimum Gasteiger partial charge on any atom is -0.324 e. The average molecular weight is 183 g/mol. The van der Waals surface area contributed by atoms with E-state index in [1.807, 2.05) is 5.32 Å². The monoisotopic (exact) mass is 183 g/mol. The molecule has 0 aromatic rings. The van der Waals surface area contributed by atoms with Gasteiger partial charge in [0.25, 0.3) is 0 Å². The van der Waals surface area contributed by atoms with Crippen LogP contribution in [0.15, 0.2) is 0 Å². The minimum atomic E-state index is -4.16. The lowest BCUT2D eigenvalue weighted by Gasteiger charge is -2.01. The first-order valence-corrected chi connectivity index (χ1v) is 4.15. The molecule has 1 amide bonds. The van der Waals surface area contributed by atoms with Gasteiger partial charge in [0.15, 0.2) is 0 Å². The maximum Gasteiger partial charge on any atom is 0.452 e. The summed E-state index contributed by atoms with van der Waals surface area (Å²) in [5, 5.41) is 1.96. The lowest BCUT2D eigenvalue weighted by atomic mass is 10.9. The van der Waals surface area contributed by atoms with Crippen molar-refractivity contribution in [1.82, 2.24) is 5.32 Å². The first-order valence-electron chi connectivity index (χ1n) is 2.82. The van der Waals surface area contributed by atoms with Gasteiger partial charge in [0, 0.05) is 7.05 Å². The van der Waals surface area contributed by atoms with Crippen molar-refractivity contribution >= 4 is 16.5 Å². The van der Waals surface area contributed by atoms with Gasteiger partial charge in [-0.05, 0) is 6.92 Å². The van der Waals surface area contributed by atoms with Gasteiger partial charge in [0.05, 0.1) is 6.61 Å². The van der Waals surface area contributed by atoms with E-state index < -0.39 is 16.5 Å². The van der Waals surface area contributed by atoms with Crippen LogP contribution in [0.1, 0.15) is 6.92 Å². The maximum atomic E-state index is 10.5. The molecule has 0 aromatic heterocycles. The summed E-state index contributed by atoms with van der Waals surface area (Å²) in [7, 11) is -2.92. The topological polar surface area (TPSA) is 81.7 Å². The molecule has 0 radical (unpaired) electrons. The largest absolute Gasteiger partial charge is 0.452 e. The second-order valence-corrected chi connectivity index (χ2v) is 2.65. The van der Waals surface area contributed by atoms with Crippen molar-refractivity contribution in [2.45, 2.75) is 6.92 Å². The van der Waals surface area contributed by atoms with Crippen LogP contribution in [-0.2, 0) is 18.8 Å². The number of hydrogen-bond acceptors (Lipinski definition) is 5. The van der Waals surface area contributed by atoms with Gasteiger partial charge in [-0.3, -0.25) is 0 Å². The summed E-state index contributed by atoms with van der Waals surface area (Å²) >= 11 is 0. The molecule has 0 bridgehead atoms. The standard InChI is InChI=1S/C4H9NO5S/c1-3-9-11(7,8)10-4(6)5-2/h3H2,1-2H3,(H,5,6). The molecule has 0 aliphatic heterocycles. The molecule has 11 heavy (non-hydrogen) atoms. The second kappa shape index (κ2) is 4.14. The molecule has 0 atom stereocenters. The highest BCUT2D eigenvalue weighted by molar-refractivity contribution is 7.82. The van der Waals surface area contributed by atoms with E-state index in [-0.39, 0.29) is 6.61 Å². The molecular weight excluding hydrogens is 174 g/mol. The van der Waals surface area contributed by atoms with Crippen molar-refractivity contribution in [3.8, 4) is 0 Å². The summed E-state index contributed by atoms with van der Waals surface area (Å²) in [5.41, 5.74) is 0. The Balaban J connectivity index is 4.03. The van der Waals surface area contributed by atoms with Crippen LogP contribution in [-0.4, -0.2) is 28.2 Å². The molecule has 0 aliphatic rings. The molecule has 6 nitrogen and oxygen atoms in total. The number of carbonyl (C=O) groups is 1. The molecule has 0 saturated carbocycles. The van der Waals surface area contributed by atoms with Crippen molar-refractivity contribution in [2.24, 2.45) is 0 Å². The van der Waals surface area contributed by atoms with E-state index in [4.69, 9.17) is 0 Å². The van der Waals surface area contributed by atoms with Gasteiger partial charge in [0.2, 0.25) is 0 Å². The predicted octanol–water partition coefficient (Wildman–Crippen LogP) is -0.376. The van der Waals surface area contributed by atoms with Crippen molar-refractivity contribution in [1.29, 1.82) is 0 Å². The Labute approximate surface area is 64.8 Å². The molecule has 0 heterocycles. The summed E-state index contributed by atoms with van der Waals surface area (Å²) in [6, 6.07) is 0. The van der Waals surface area contributed by atoms with Crippen LogP contribution >= 0.6 is 0 Å². The maximum absolute atomic E-state index is 10.5. The van der Waals surface area contributed by atoms with Gasteiger partial charge < -0.3 is 9.50 Å². The Morgan fingerprint density at radius 2 is 2.09 bits per heavy atom. The number of amides is 1. The number of rotatable bonds is 3. The SMILES string of the molecule is CCOS(=O)(=O)OC(=O)NC. The third kappa shape index (κ3) is 4.57. The molecule has 0 unspecified atom stereocenters. The normalized spacial score (nSPS) is 10.7. The van der Waals surface area contributed by atoms with Crippen molar-refractivity contribution in [3.05, 3.63) is 0 Å². The van der Waals surface area contributed by atoms with E-state index in [2.05, 4.69) is 8.37 Å². The molecular formula is C4H9NO5S. The van der Waals surface area contributed by atoms with Gasteiger partial charge in [-0.15, -0.1) is 0 Å². The fourth-order valence-electron chi connectivity index (χ4n) is 0.303. The van der Waals surface area contributed by atoms with Crippen LogP contribution in [0.3, 0.4) is 0 Å². The number of hydrogen-bond donors (Lipinski definition) is 1. The Hall–Kier alpha value is -0.820. The second-order valence-electron chi connectivity index (χ2n) is 1.44. The zero-order chi connectivity index (χ0) is 8.91. The summed E-state index contributed by atoms with van der Waals surface area (Å²) in [6.45, 7) is 1.39. The molecule has 0 spiro atoms. The van der Waals surface area contributed by atoms with Gasteiger partial charge in [0.1, 0.15) is 0 Å². The molecule has 7 heteroatoms. The number of nitrogens with one attached hydrogen (secondary N) is 1. The fourth-order valence-corrected chi connectivity index (χ4v) is 0.908. The Morgan fingerprint density at radius 3 is 2.45 bits per heavy atom. The first-order chi connectivity index (χ1) is 5.02. The van der Waals surface area contributed by atoms with E-state index in [0.29, 0.717) is 0 Å². The van der Waals surface area contributed by atoms with Crippen LogP contribution in [0.25, 0.3) is 0 Å². The number of carbonyl (C=O) groups excluding carboxylic acids is 1. The van der Waals surface area contributed by atoms with E-state index in [1.165, 1.54) is 14.0 Å². The van der Waals surface area contributed by atoms with Crippen molar-refractivity contribution in [2.75, 3.05) is 13.7 Å². The Morgan fingerprint density at radius 1 is 1.55 bits per heavy atom. The highest BCUT2D eigenvalue weighted by Crippen LogP contribution is 1.94. The van der Waals surface area contributed by atoms with Crippen molar-refractivity contribution < 1.29 is 21.6 Å². The van der Waals surface area contributed by atoms with Crippen LogP contribution in [0.4, 0.5) is 4.79 Å². The Bertz CT molecular complexity index is 221. The minimum absolute atomic E-state index is 0.0701. The van der Waals surface area contributed by atoms with E-state index in [1.54, 1.807) is 0 Å². The van der Waals surface area contributed by atoms with E-state index in [0.717, 1.165) is 0 Å². The molecule has 1 N–H and O–H groups in total. The van der Waals surface area contributed by atoms with Gasteiger partial charge in [-0.2, -0.15) is 8.42 Å². The molecule has 0 fully saturated rings. The fraction of sp³-hybridized carbons (Fsp3) is 0.750. The van der Waals surface area contributed by atoms with Crippen LogP contribution in [0, 0.1) is 0 Å². The zero-order valence-electron chi connectivity index (χ0n) is 6.16. The summed E-state index contributed by atoms with van der Waals surface area (Å²) in [5.74, 6) is 0. The van der Waals surface area contributed by atoms with Gasteiger partial charge >= 0.3 is 16.5 Å². The molecule has 66 valence electrons. The lowest BCUT2D eigenvalue weighted by molar-refractivity contribution is 0.189. The van der Waals surface area contributed by atoms with Crippen LogP contribution < -0.4 is 5.32 Å². The molecule has 0 aliphatic carbocycles. The summed E-state index contributed by atoms with van der Waals surface area (Å²) < 4.78 is 28.9. The summed E-state index contributed by atoms with van der Waals surface area (Å²) in [6.07, 6.45) is -1.07. The summed E-state index contributed by atoms with van der Waals surface area (Å²) in [4.78, 5) is 10.3. The van der Waals surface area contributed by atoms with Crippen LogP contribution in [0.5, 0.6) is 0 Å². The average Bonchev–Trinajstić information content (AvgIpc) is 1.86. The first kappa shape index (κ1) is 10.2. The third-order valence-electron chi connectivity index (χ3n) is 0.644. The quantitative estimate of drug-likeness (QED) is 0.645. The predicted molar refractivity (Wildman–Crippen MR) is 36.1 cm³/mol. The zero-order valence-corrected chi connectivity index (χ0v) is 6.97. The van der Waals surface area contributed by atoms with Crippen LogP contribution in [0.2, 0.25) is 0 Å². The molecule has 0 aromatic carbocycles. The van der Waals surface area contributed by atoms with Crippen molar-refractivity contribution in [3.63, 3.8) is 0 Å². The Kier molecular flexibility index (Phi) is 3.83. The van der Waals surface area contributed by atoms with Gasteiger partial charge in [-0.25, -0.2) is 8.98 Å². The highest BCUT2D eigenvalue weighted by atomic mass is 32.3. The lowest BCUT2D eigenvalue weighted by Crippen LogP contribution is -2.24. The van der Waals surface area contributed by atoms with Gasteiger partial charge in [-0.1, -0.05) is 0 Å².